The SMILES string of the molecule is CCCOCC(N)c1cccc(OCC)c1. The summed E-state index contributed by atoms with van der Waals surface area (Å²) >= 11 is 0. The first-order chi connectivity index (χ1) is 7.77. The first-order valence-electron chi connectivity index (χ1n) is 5.84. The molecule has 0 saturated carbocycles. The van der Waals surface area contributed by atoms with Gasteiger partial charge >= 0.3 is 0 Å². The Balaban J connectivity index is 2.53. The molecule has 0 aromatic heterocycles. The van der Waals surface area contributed by atoms with E-state index in [1.54, 1.807) is 0 Å². The van der Waals surface area contributed by atoms with Crippen LogP contribution in [0.3, 0.4) is 0 Å². The van der Waals surface area contributed by atoms with E-state index in [0.29, 0.717) is 13.2 Å². The van der Waals surface area contributed by atoms with E-state index in [1.165, 1.54) is 0 Å². The van der Waals surface area contributed by atoms with E-state index < -0.39 is 0 Å². The van der Waals surface area contributed by atoms with Crippen LogP contribution in [0.2, 0.25) is 0 Å². The molecule has 1 rings (SSSR count). The quantitative estimate of drug-likeness (QED) is 0.722. The van der Waals surface area contributed by atoms with Gasteiger partial charge in [-0.1, -0.05) is 19.1 Å². The van der Waals surface area contributed by atoms with Crippen LogP contribution in [0, 0.1) is 0 Å². The predicted octanol–water partition coefficient (Wildman–Crippen LogP) is 2.51. The topological polar surface area (TPSA) is 44.5 Å². The Morgan fingerprint density at radius 2 is 2.12 bits per heavy atom. The van der Waals surface area contributed by atoms with Crippen molar-refractivity contribution in [2.45, 2.75) is 26.3 Å². The van der Waals surface area contributed by atoms with Gasteiger partial charge in [-0.3, -0.25) is 0 Å². The molecule has 0 heterocycles. The number of hydrogen-bond acceptors (Lipinski definition) is 3. The van der Waals surface area contributed by atoms with Gasteiger partial charge in [-0.2, -0.15) is 0 Å². The highest BCUT2D eigenvalue weighted by atomic mass is 16.5. The third kappa shape index (κ3) is 4.21. The van der Waals surface area contributed by atoms with Gasteiger partial charge in [0.25, 0.3) is 0 Å². The molecule has 0 spiro atoms. The molecule has 1 unspecified atom stereocenters. The van der Waals surface area contributed by atoms with Crippen LogP contribution in [0.25, 0.3) is 0 Å². The maximum Gasteiger partial charge on any atom is 0.119 e. The lowest BCUT2D eigenvalue weighted by atomic mass is 10.1. The van der Waals surface area contributed by atoms with Crippen molar-refractivity contribution in [3.05, 3.63) is 29.8 Å². The molecule has 1 atom stereocenters. The average Bonchev–Trinajstić information content (AvgIpc) is 2.30. The Labute approximate surface area is 97.6 Å². The molecule has 0 fully saturated rings. The summed E-state index contributed by atoms with van der Waals surface area (Å²) in [6.45, 7) is 6.05. The second-order valence-corrected chi connectivity index (χ2v) is 3.69. The van der Waals surface area contributed by atoms with Crippen LogP contribution in [-0.2, 0) is 4.74 Å². The van der Waals surface area contributed by atoms with Crippen LogP contribution < -0.4 is 10.5 Å². The molecule has 0 aliphatic rings. The molecule has 0 amide bonds. The summed E-state index contributed by atoms with van der Waals surface area (Å²) in [5.74, 6) is 0.867. The number of ether oxygens (including phenoxy) is 2. The van der Waals surface area contributed by atoms with Gasteiger partial charge in [0.15, 0.2) is 0 Å². The lowest BCUT2D eigenvalue weighted by molar-refractivity contribution is 0.121. The average molecular weight is 223 g/mol. The number of benzene rings is 1. The van der Waals surface area contributed by atoms with Crippen molar-refractivity contribution in [1.29, 1.82) is 0 Å². The van der Waals surface area contributed by atoms with E-state index in [9.17, 15) is 0 Å². The van der Waals surface area contributed by atoms with Gasteiger partial charge < -0.3 is 15.2 Å². The summed E-state index contributed by atoms with van der Waals surface area (Å²) in [5.41, 5.74) is 7.08. The Morgan fingerprint density at radius 3 is 2.81 bits per heavy atom. The van der Waals surface area contributed by atoms with Gasteiger partial charge in [-0.05, 0) is 31.0 Å². The van der Waals surface area contributed by atoms with Crippen molar-refractivity contribution < 1.29 is 9.47 Å². The van der Waals surface area contributed by atoms with Crippen LogP contribution in [0.1, 0.15) is 31.9 Å². The third-order valence-corrected chi connectivity index (χ3v) is 2.24. The predicted molar refractivity (Wildman–Crippen MR) is 65.6 cm³/mol. The standard InChI is InChI=1S/C13H21NO2/c1-3-8-15-10-13(14)11-6-5-7-12(9-11)16-4-2/h5-7,9,13H,3-4,8,10,14H2,1-2H3. The van der Waals surface area contributed by atoms with Crippen LogP contribution in [-0.4, -0.2) is 19.8 Å². The van der Waals surface area contributed by atoms with E-state index in [-0.39, 0.29) is 6.04 Å². The minimum absolute atomic E-state index is 0.0769. The van der Waals surface area contributed by atoms with Crippen molar-refractivity contribution in [3.8, 4) is 5.75 Å². The van der Waals surface area contributed by atoms with Gasteiger partial charge in [0, 0.05) is 6.61 Å². The van der Waals surface area contributed by atoms with Crippen LogP contribution in [0.4, 0.5) is 0 Å². The van der Waals surface area contributed by atoms with E-state index in [2.05, 4.69) is 6.92 Å². The van der Waals surface area contributed by atoms with Crippen molar-refractivity contribution in [1.82, 2.24) is 0 Å². The Hall–Kier alpha value is -1.06. The Bertz CT molecular complexity index is 302. The van der Waals surface area contributed by atoms with E-state index in [0.717, 1.165) is 24.3 Å². The van der Waals surface area contributed by atoms with Crippen molar-refractivity contribution >= 4 is 0 Å². The minimum Gasteiger partial charge on any atom is -0.494 e. The molecule has 90 valence electrons. The fourth-order valence-electron chi connectivity index (χ4n) is 1.45. The maximum atomic E-state index is 6.02. The van der Waals surface area contributed by atoms with Gasteiger partial charge in [0.1, 0.15) is 5.75 Å². The van der Waals surface area contributed by atoms with Gasteiger partial charge in [0.2, 0.25) is 0 Å². The smallest absolute Gasteiger partial charge is 0.119 e. The highest BCUT2D eigenvalue weighted by Gasteiger charge is 2.06. The molecule has 0 saturated heterocycles. The zero-order valence-corrected chi connectivity index (χ0v) is 10.1. The molecule has 0 bridgehead atoms. The molecule has 1 aromatic rings. The lowest BCUT2D eigenvalue weighted by Gasteiger charge is -2.13. The summed E-state index contributed by atoms with van der Waals surface area (Å²) in [6, 6.07) is 7.80. The number of hydrogen-bond donors (Lipinski definition) is 1. The molecular weight excluding hydrogens is 202 g/mol. The number of rotatable bonds is 7. The molecule has 16 heavy (non-hydrogen) atoms. The summed E-state index contributed by atoms with van der Waals surface area (Å²) < 4.78 is 10.9. The second-order valence-electron chi connectivity index (χ2n) is 3.69. The highest BCUT2D eigenvalue weighted by Crippen LogP contribution is 2.18. The first-order valence-corrected chi connectivity index (χ1v) is 5.84. The largest absolute Gasteiger partial charge is 0.494 e. The van der Waals surface area contributed by atoms with Gasteiger partial charge in [0.05, 0.1) is 19.3 Å². The maximum absolute atomic E-state index is 6.02. The molecular formula is C13H21NO2. The second kappa shape index (κ2) is 7.25. The molecule has 0 aliphatic carbocycles. The summed E-state index contributed by atoms with van der Waals surface area (Å²) in [5, 5.41) is 0. The molecule has 1 aromatic carbocycles. The van der Waals surface area contributed by atoms with E-state index in [4.69, 9.17) is 15.2 Å². The van der Waals surface area contributed by atoms with Crippen LogP contribution >= 0.6 is 0 Å². The van der Waals surface area contributed by atoms with Crippen molar-refractivity contribution in [2.75, 3.05) is 19.8 Å². The van der Waals surface area contributed by atoms with E-state index >= 15 is 0 Å². The van der Waals surface area contributed by atoms with E-state index in [1.807, 2.05) is 31.2 Å². The zero-order valence-electron chi connectivity index (χ0n) is 10.1. The Morgan fingerprint density at radius 1 is 1.31 bits per heavy atom. The van der Waals surface area contributed by atoms with Gasteiger partial charge in [-0.15, -0.1) is 0 Å². The molecule has 2 N–H and O–H groups in total. The fraction of sp³-hybridized carbons (Fsp3) is 0.538. The fourth-order valence-corrected chi connectivity index (χ4v) is 1.45. The Kier molecular flexibility index (Phi) is 5.90. The van der Waals surface area contributed by atoms with Crippen LogP contribution in [0.15, 0.2) is 24.3 Å². The molecule has 0 radical (unpaired) electrons. The monoisotopic (exact) mass is 223 g/mol. The van der Waals surface area contributed by atoms with Crippen molar-refractivity contribution in [3.63, 3.8) is 0 Å². The van der Waals surface area contributed by atoms with Crippen molar-refractivity contribution in [2.24, 2.45) is 5.73 Å². The molecule has 3 nitrogen and oxygen atoms in total. The van der Waals surface area contributed by atoms with Crippen LogP contribution in [0.5, 0.6) is 5.75 Å². The highest BCUT2D eigenvalue weighted by molar-refractivity contribution is 5.30. The zero-order chi connectivity index (χ0) is 11.8. The molecule has 3 heteroatoms. The number of nitrogens with two attached hydrogens (primary N) is 1. The third-order valence-electron chi connectivity index (χ3n) is 2.24. The molecule has 0 aliphatic heterocycles. The summed E-state index contributed by atoms with van der Waals surface area (Å²) in [4.78, 5) is 0. The summed E-state index contributed by atoms with van der Waals surface area (Å²) in [7, 11) is 0. The minimum atomic E-state index is -0.0769. The van der Waals surface area contributed by atoms with Gasteiger partial charge in [-0.25, -0.2) is 0 Å². The summed E-state index contributed by atoms with van der Waals surface area (Å²) in [6.07, 6.45) is 1.02. The normalized spacial score (nSPS) is 12.4. The first kappa shape index (κ1) is 13.0. The lowest BCUT2D eigenvalue weighted by Crippen LogP contribution is -2.17.